The van der Waals surface area contributed by atoms with E-state index in [1.807, 2.05) is 42.5 Å². The third-order valence-corrected chi connectivity index (χ3v) is 19.5. The molecule has 0 amide bonds. The van der Waals surface area contributed by atoms with E-state index in [2.05, 4.69) is 309 Å². The van der Waals surface area contributed by atoms with E-state index in [4.69, 9.17) is 34.9 Å². The van der Waals surface area contributed by atoms with Gasteiger partial charge in [-0.3, -0.25) is 9.13 Å². The number of fused-ring (bicyclic) bond motifs is 12. The van der Waals surface area contributed by atoms with Crippen LogP contribution in [-0.2, 0) is 0 Å². The Bertz CT molecular complexity index is 6030. The molecule has 100 heavy (non-hydrogen) atoms. The van der Waals surface area contributed by atoms with Crippen LogP contribution in [0.2, 0.25) is 0 Å². The summed E-state index contributed by atoms with van der Waals surface area (Å²) in [5.41, 5.74) is 20.0. The normalized spacial score (nSPS) is 11.8. The smallest absolute Gasteiger partial charge is 0.235 e. The zero-order valence-electron chi connectivity index (χ0n) is 53.7. The number of rotatable bonds is 11. The molecule has 0 spiro atoms. The lowest BCUT2D eigenvalue weighted by Gasteiger charge is -2.12. The molecule has 0 saturated carbocycles. The van der Waals surface area contributed by atoms with Crippen molar-refractivity contribution in [2.24, 2.45) is 0 Å². The molecule has 11 heteroatoms. The lowest BCUT2D eigenvalue weighted by Crippen LogP contribution is -2.04. The molecule has 0 aliphatic rings. The Hall–Kier alpha value is -13.8. The molecule has 0 aliphatic heterocycles. The Labute approximate surface area is 573 Å². The van der Waals surface area contributed by atoms with Crippen LogP contribution in [0.15, 0.2) is 334 Å². The summed E-state index contributed by atoms with van der Waals surface area (Å²) in [5, 5.41) is 8.76. The highest BCUT2D eigenvalue weighted by Crippen LogP contribution is 2.42. The average Bonchev–Trinajstić information content (AvgIpc) is 1.57. The minimum atomic E-state index is 0.523. The van der Waals surface area contributed by atoms with Gasteiger partial charge in [-0.15, -0.1) is 0 Å². The SMILES string of the molecule is c1ccc(-c2cc(-c3ccccc3)nc(-n3c4ccc(-c5nc(-c6ccccc6)nc(-c6ccc7c(c6)c6cc(-n8c9ccccc9c9ccccc98)ccc6n7-c6nc(-c7ccccc7)cc(-c7ccccc7)n6)n5)cc4c4cc(-n5c6ccccc6c6ccccc65)ccc43)n2)cc1. The van der Waals surface area contributed by atoms with Crippen molar-refractivity contribution in [3.8, 4) is 102 Å². The third kappa shape index (κ3) is 9.32. The van der Waals surface area contributed by atoms with Gasteiger partial charge in [0.25, 0.3) is 0 Å². The van der Waals surface area contributed by atoms with E-state index < -0.39 is 0 Å². The van der Waals surface area contributed by atoms with Crippen LogP contribution in [0.5, 0.6) is 0 Å². The molecule has 0 N–H and O–H groups in total. The van der Waals surface area contributed by atoms with Crippen molar-refractivity contribution in [2.45, 2.75) is 0 Å². The Morgan fingerprint density at radius 1 is 0.160 bits per heavy atom. The average molecular weight is 1280 g/mol. The van der Waals surface area contributed by atoms with Gasteiger partial charge in [-0.2, -0.15) is 0 Å². The number of hydrogen-bond donors (Lipinski definition) is 0. The number of hydrogen-bond acceptors (Lipinski definition) is 7. The molecular weight excluding hydrogens is 1220 g/mol. The molecule has 0 atom stereocenters. The van der Waals surface area contributed by atoms with Gasteiger partial charge in [0.2, 0.25) is 11.9 Å². The van der Waals surface area contributed by atoms with Gasteiger partial charge in [0, 0.05) is 93.4 Å². The van der Waals surface area contributed by atoms with E-state index in [-0.39, 0.29) is 0 Å². The van der Waals surface area contributed by atoms with Gasteiger partial charge in [-0.25, -0.2) is 34.9 Å². The summed E-state index contributed by atoms with van der Waals surface area (Å²) in [6.07, 6.45) is 0. The maximum Gasteiger partial charge on any atom is 0.235 e. The van der Waals surface area contributed by atoms with Crippen molar-refractivity contribution >= 4 is 87.2 Å². The Morgan fingerprint density at radius 3 is 0.730 bits per heavy atom. The van der Waals surface area contributed by atoms with Gasteiger partial charge in [0.15, 0.2) is 17.5 Å². The molecule has 0 fully saturated rings. The predicted molar refractivity (Wildman–Crippen MR) is 406 cm³/mol. The van der Waals surface area contributed by atoms with Gasteiger partial charge in [0.05, 0.1) is 66.9 Å². The van der Waals surface area contributed by atoms with Crippen LogP contribution in [0, 0.1) is 0 Å². The lowest BCUT2D eigenvalue weighted by molar-refractivity contribution is 0.995. The molecule has 0 unspecified atom stereocenters. The molecule has 0 aliphatic carbocycles. The minimum Gasteiger partial charge on any atom is -0.309 e. The number of para-hydroxylation sites is 4. The van der Waals surface area contributed by atoms with Gasteiger partial charge >= 0.3 is 0 Å². The largest absolute Gasteiger partial charge is 0.309 e. The maximum atomic E-state index is 5.54. The highest BCUT2D eigenvalue weighted by atomic mass is 15.2. The second-order valence-corrected chi connectivity index (χ2v) is 25.3. The number of nitrogens with zero attached hydrogens (tertiary/aromatic N) is 11. The molecule has 20 aromatic rings. The van der Waals surface area contributed by atoms with Crippen molar-refractivity contribution in [3.63, 3.8) is 0 Å². The third-order valence-electron chi connectivity index (χ3n) is 19.5. The molecular formula is C89H55N11. The molecule has 7 heterocycles. The Morgan fingerprint density at radius 2 is 0.410 bits per heavy atom. The molecule has 466 valence electrons. The molecule has 13 aromatic carbocycles. The Kier molecular flexibility index (Phi) is 13.0. The van der Waals surface area contributed by atoms with Crippen LogP contribution in [0.4, 0.5) is 0 Å². The van der Waals surface area contributed by atoms with Gasteiger partial charge in [-0.05, 0) is 109 Å². The fourth-order valence-corrected chi connectivity index (χ4v) is 14.9. The fraction of sp³-hybridized carbons (Fsp3) is 0. The highest BCUT2D eigenvalue weighted by Gasteiger charge is 2.25. The minimum absolute atomic E-state index is 0.523. The van der Waals surface area contributed by atoms with Crippen molar-refractivity contribution < 1.29 is 0 Å². The number of benzene rings is 13. The summed E-state index contributed by atoms with van der Waals surface area (Å²) in [5.74, 6) is 2.70. The van der Waals surface area contributed by atoms with Crippen LogP contribution in [0.3, 0.4) is 0 Å². The second-order valence-electron chi connectivity index (χ2n) is 25.3. The van der Waals surface area contributed by atoms with Gasteiger partial charge in [-0.1, -0.05) is 224 Å². The molecule has 0 radical (unpaired) electrons. The summed E-state index contributed by atoms with van der Waals surface area (Å²) < 4.78 is 9.16. The molecule has 0 bridgehead atoms. The quantitative estimate of drug-likeness (QED) is 0.127. The van der Waals surface area contributed by atoms with Crippen LogP contribution in [-0.4, -0.2) is 53.2 Å². The maximum absolute atomic E-state index is 5.54. The van der Waals surface area contributed by atoms with E-state index in [1.165, 1.54) is 21.5 Å². The summed E-state index contributed by atoms with van der Waals surface area (Å²) in [6.45, 7) is 0. The fourth-order valence-electron chi connectivity index (χ4n) is 14.9. The second kappa shape index (κ2) is 23.0. The van der Waals surface area contributed by atoms with E-state index in [0.717, 1.165) is 139 Å². The summed E-state index contributed by atoms with van der Waals surface area (Å²) in [6, 6.07) is 117. The first kappa shape index (κ1) is 56.6. The first-order chi connectivity index (χ1) is 49.6. The van der Waals surface area contributed by atoms with Crippen molar-refractivity contribution in [1.82, 2.24) is 53.2 Å². The highest BCUT2D eigenvalue weighted by molar-refractivity contribution is 6.15. The lowest BCUT2D eigenvalue weighted by atomic mass is 10.1. The molecule has 0 saturated heterocycles. The molecule has 7 aromatic heterocycles. The van der Waals surface area contributed by atoms with E-state index >= 15 is 0 Å². The van der Waals surface area contributed by atoms with E-state index in [0.29, 0.717) is 29.4 Å². The zero-order valence-corrected chi connectivity index (χ0v) is 53.7. The van der Waals surface area contributed by atoms with Crippen molar-refractivity contribution in [2.75, 3.05) is 0 Å². The zero-order chi connectivity index (χ0) is 65.8. The molecule has 11 nitrogen and oxygen atoms in total. The van der Waals surface area contributed by atoms with E-state index in [9.17, 15) is 0 Å². The summed E-state index contributed by atoms with van der Waals surface area (Å²) in [7, 11) is 0. The van der Waals surface area contributed by atoms with Crippen molar-refractivity contribution in [1.29, 1.82) is 0 Å². The van der Waals surface area contributed by atoms with Crippen LogP contribution in [0.1, 0.15) is 0 Å². The van der Waals surface area contributed by atoms with Crippen LogP contribution < -0.4 is 0 Å². The topological polar surface area (TPSA) is 110 Å². The van der Waals surface area contributed by atoms with Crippen molar-refractivity contribution in [3.05, 3.63) is 334 Å². The number of aromatic nitrogens is 11. The predicted octanol–water partition coefficient (Wildman–Crippen LogP) is 21.5. The first-order valence-electron chi connectivity index (χ1n) is 33.5. The van der Waals surface area contributed by atoms with E-state index in [1.54, 1.807) is 0 Å². The van der Waals surface area contributed by atoms with Crippen LogP contribution in [0.25, 0.3) is 190 Å². The summed E-state index contributed by atoms with van der Waals surface area (Å²) in [4.78, 5) is 38.1. The monoisotopic (exact) mass is 1280 g/mol. The van der Waals surface area contributed by atoms with Gasteiger partial charge in [0.1, 0.15) is 0 Å². The Balaban J connectivity index is 0.814. The molecule has 20 rings (SSSR count). The standard InChI is InChI=1S/C89H55N11/c1-6-24-56(25-7-1)73-54-74(57-26-8-2-9-27-57)91-88(90-73)99-81-46-42-61(50-69(81)71-52-63(44-48-83(71)99)97-77-38-20-16-34-65(77)66-35-17-21-39-78(66)97)86-94-85(60-32-14-5-15-33-60)95-87(96-86)62-43-47-82-70(51-62)72-53-64(98-79-40-22-18-36-67(79)68-37-19-23-41-80(68)98)45-49-84(72)100(82)89-92-75(58-28-10-3-11-29-58)55-76(93-89)59-30-12-4-13-31-59/h1-55H. The first-order valence-corrected chi connectivity index (χ1v) is 33.5. The summed E-state index contributed by atoms with van der Waals surface area (Å²) >= 11 is 0. The van der Waals surface area contributed by atoms with Gasteiger partial charge < -0.3 is 9.13 Å². The van der Waals surface area contributed by atoms with Crippen LogP contribution >= 0.6 is 0 Å².